The van der Waals surface area contributed by atoms with Crippen LogP contribution in [-0.4, -0.2) is 33.8 Å². The second kappa shape index (κ2) is 6.65. The number of nitrogens with zero attached hydrogens (tertiary/aromatic N) is 3. The molecule has 7 heteroatoms. The Kier molecular flexibility index (Phi) is 4.84. The van der Waals surface area contributed by atoms with Crippen molar-refractivity contribution in [2.24, 2.45) is 10.2 Å². The van der Waals surface area contributed by atoms with E-state index in [0.29, 0.717) is 31.5 Å². The summed E-state index contributed by atoms with van der Waals surface area (Å²) in [6.45, 7) is 4.03. The lowest BCUT2D eigenvalue weighted by molar-refractivity contribution is -0.121. The molecule has 0 fully saturated rings. The van der Waals surface area contributed by atoms with Gasteiger partial charge in [-0.05, 0) is 19.9 Å². The highest BCUT2D eigenvalue weighted by molar-refractivity contribution is 5.89. The van der Waals surface area contributed by atoms with Gasteiger partial charge in [-0.3, -0.25) is 4.79 Å². The zero-order chi connectivity index (χ0) is 17.0. The number of carboxylic acids is 1. The molecule has 0 spiro atoms. The van der Waals surface area contributed by atoms with E-state index >= 15 is 0 Å². The van der Waals surface area contributed by atoms with Gasteiger partial charge in [-0.2, -0.15) is 10.2 Å². The maximum absolute atomic E-state index is 12.0. The lowest BCUT2D eigenvalue weighted by atomic mass is 10.0. The number of hydrogen-bond acceptors (Lipinski definition) is 4. The van der Waals surface area contributed by atoms with Gasteiger partial charge in [-0.25, -0.2) is 4.79 Å². The number of carbonyl (C=O) groups excluding carboxylic acids is 1. The van der Waals surface area contributed by atoms with Gasteiger partial charge in [0.25, 0.3) is 0 Å². The van der Waals surface area contributed by atoms with E-state index in [0.717, 1.165) is 5.69 Å². The van der Waals surface area contributed by atoms with Gasteiger partial charge >= 0.3 is 5.97 Å². The molecule has 2 rings (SSSR count). The Morgan fingerprint density at radius 3 is 2.61 bits per heavy atom. The molecule has 2 N–H and O–H groups in total. The number of hydrogen-bond donors (Lipinski definition) is 2. The van der Waals surface area contributed by atoms with Crippen LogP contribution in [0.2, 0.25) is 0 Å². The number of amides is 1. The highest BCUT2D eigenvalue weighted by Gasteiger charge is 2.38. The van der Waals surface area contributed by atoms with Crippen LogP contribution in [-0.2, 0) is 11.3 Å². The molecule has 1 aromatic rings. The molecule has 0 atom stereocenters. The zero-order valence-electron chi connectivity index (χ0n) is 13.3. The normalized spacial score (nSPS) is 14.3. The van der Waals surface area contributed by atoms with Crippen LogP contribution in [0.5, 0.6) is 0 Å². The second-order valence-corrected chi connectivity index (χ2v) is 5.66. The lowest BCUT2D eigenvalue weighted by Crippen LogP contribution is -2.31. The van der Waals surface area contributed by atoms with Gasteiger partial charge < -0.3 is 15.0 Å². The average Bonchev–Trinajstić information content (AvgIpc) is 3.21. The first kappa shape index (κ1) is 16.7. The molecule has 23 heavy (non-hydrogen) atoms. The third-order valence-corrected chi connectivity index (χ3v) is 4.01. The van der Waals surface area contributed by atoms with Crippen LogP contribution in [0.3, 0.4) is 0 Å². The van der Waals surface area contributed by atoms with Crippen molar-refractivity contribution < 1.29 is 14.7 Å². The standard InChI is InChI=1S/C16H20N4O3/c1-4-5-6-16(18-19-16)7-8-17-14(21)10-20-11(2)9-13(12(20)3)15(22)23/h1,9H,5-8,10H2,2-3H3,(H,17,21)(H,22,23). The van der Waals surface area contributed by atoms with E-state index in [1.54, 1.807) is 24.5 Å². The molecule has 0 unspecified atom stereocenters. The molecule has 0 aliphatic carbocycles. The minimum Gasteiger partial charge on any atom is -0.478 e. The predicted octanol–water partition coefficient (Wildman–Crippen LogP) is 1.88. The Hall–Kier alpha value is -2.62. The summed E-state index contributed by atoms with van der Waals surface area (Å²) in [4.78, 5) is 23.1. The summed E-state index contributed by atoms with van der Waals surface area (Å²) in [6.07, 6.45) is 7.18. The van der Waals surface area contributed by atoms with Crippen LogP contribution in [0, 0.1) is 26.2 Å². The summed E-state index contributed by atoms with van der Waals surface area (Å²) >= 11 is 0. The van der Waals surface area contributed by atoms with Gasteiger partial charge in [0.2, 0.25) is 5.91 Å². The predicted molar refractivity (Wildman–Crippen MR) is 84.1 cm³/mol. The molecule has 1 amide bonds. The summed E-state index contributed by atoms with van der Waals surface area (Å²) in [6, 6.07) is 1.57. The molecule has 0 saturated carbocycles. The van der Waals surface area contributed by atoms with Gasteiger partial charge in [0, 0.05) is 37.2 Å². The van der Waals surface area contributed by atoms with Gasteiger partial charge in [0.1, 0.15) is 6.54 Å². The molecule has 1 aliphatic heterocycles. The molecule has 0 bridgehead atoms. The maximum Gasteiger partial charge on any atom is 0.337 e. The Bertz CT molecular complexity index is 691. The Balaban J connectivity index is 1.84. The van der Waals surface area contributed by atoms with Crippen LogP contribution >= 0.6 is 0 Å². The van der Waals surface area contributed by atoms with E-state index in [2.05, 4.69) is 21.5 Å². The number of aromatic nitrogens is 1. The molecule has 1 aromatic heterocycles. The lowest BCUT2D eigenvalue weighted by Gasteiger charge is -2.12. The summed E-state index contributed by atoms with van der Waals surface area (Å²) in [5.74, 6) is 1.40. The summed E-state index contributed by atoms with van der Waals surface area (Å²) in [5.41, 5.74) is 1.13. The van der Waals surface area contributed by atoms with Gasteiger partial charge in [0.15, 0.2) is 5.66 Å². The minimum atomic E-state index is -0.989. The van der Waals surface area contributed by atoms with E-state index in [-0.39, 0.29) is 18.0 Å². The second-order valence-electron chi connectivity index (χ2n) is 5.66. The van der Waals surface area contributed by atoms with E-state index < -0.39 is 11.6 Å². The van der Waals surface area contributed by atoms with Crippen molar-refractivity contribution in [3.63, 3.8) is 0 Å². The third kappa shape index (κ3) is 3.97. The largest absolute Gasteiger partial charge is 0.478 e. The fraction of sp³-hybridized carbons (Fsp3) is 0.500. The number of aromatic carboxylic acids is 1. The molecule has 122 valence electrons. The van der Waals surface area contributed by atoms with Crippen LogP contribution in [0.4, 0.5) is 0 Å². The Morgan fingerprint density at radius 2 is 2.09 bits per heavy atom. The Labute approximate surface area is 134 Å². The van der Waals surface area contributed by atoms with Crippen molar-refractivity contribution in [2.75, 3.05) is 6.54 Å². The monoisotopic (exact) mass is 316 g/mol. The van der Waals surface area contributed by atoms with Crippen LogP contribution < -0.4 is 5.32 Å². The number of carbonyl (C=O) groups is 2. The van der Waals surface area contributed by atoms with Gasteiger partial charge in [-0.1, -0.05) is 0 Å². The Morgan fingerprint density at radius 1 is 1.39 bits per heavy atom. The van der Waals surface area contributed by atoms with E-state index in [9.17, 15) is 9.59 Å². The zero-order valence-corrected chi connectivity index (χ0v) is 13.3. The first-order chi connectivity index (χ1) is 10.9. The fourth-order valence-corrected chi connectivity index (χ4v) is 2.53. The molecule has 0 radical (unpaired) electrons. The SMILES string of the molecule is C#CCCC1(CCNC(=O)Cn2c(C)cc(C(=O)O)c2C)N=N1. The topological polar surface area (TPSA) is 96.0 Å². The van der Waals surface area contributed by atoms with Crippen molar-refractivity contribution in [3.05, 3.63) is 23.0 Å². The first-order valence-corrected chi connectivity index (χ1v) is 7.43. The van der Waals surface area contributed by atoms with Crippen molar-refractivity contribution >= 4 is 11.9 Å². The molecule has 7 nitrogen and oxygen atoms in total. The number of nitrogens with one attached hydrogen (secondary N) is 1. The molecular weight excluding hydrogens is 296 g/mol. The smallest absolute Gasteiger partial charge is 0.337 e. The number of terminal acetylenes is 1. The van der Waals surface area contributed by atoms with E-state index in [1.165, 1.54) is 0 Å². The molecule has 1 aliphatic rings. The number of carboxylic acid groups (broad SMARTS) is 1. The minimum absolute atomic E-state index is 0.0938. The fourth-order valence-electron chi connectivity index (χ4n) is 2.53. The van der Waals surface area contributed by atoms with E-state index in [4.69, 9.17) is 11.5 Å². The molecular formula is C16H20N4O3. The number of rotatable bonds is 8. The van der Waals surface area contributed by atoms with Crippen LogP contribution in [0.15, 0.2) is 16.3 Å². The van der Waals surface area contributed by atoms with E-state index in [1.807, 2.05) is 0 Å². The quantitative estimate of drug-likeness (QED) is 0.717. The number of aryl methyl sites for hydroxylation is 1. The molecule has 2 heterocycles. The highest BCUT2D eigenvalue weighted by atomic mass is 16.4. The summed E-state index contributed by atoms with van der Waals surface area (Å²) in [7, 11) is 0. The van der Waals surface area contributed by atoms with Crippen molar-refractivity contribution in [3.8, 4) is 12.3 Å². The van der Waals surface area contributed by atoms with Crippen molar-refractivity contribution in [1.29, 1.82) is 0 Å². The molecule has 0 saturated heterocycles. The van der Waals surface area contributed by atoms with Gasteiger partial charge in [-0.15, -0.1) is 12.3 Å². The van der Waals surface area contributed by atoms with Gasteiger partial charge in [0.05, 0.1) is 5.56 Å². The maximum atomic E-state index is 12.0. The summed E-state index contributed by atoms with van der Waals surface area (Å²) < 4.78 is 1.69. The van der Waals surface area contributed by atoms with Crippen LogP contribution in [0.1, 0.15) is 41.0 Å². The third-order valence-electron chi connectivity index (χ3n) is 4.01. The highest BCUT2D eigenvalue weighted by Crippen LogP contribution is 2.35. The van der Waals surface area contributed by atoms with Crippen LogP contribution in [0.25, 0.3) is 0 Å². The first-order valence-electron chi connectivity index (χ1n) is 7.43. The average molecular weight is 316 g/mol. The van der Waals surface area contributed by atoms with Crippen molar-refractivity contribution in [1.82, 2.24) is 9.88 Å². The van der Waals surface area contributed by atoms with Crippen molar-refractivity contribution in [2.45, 2.75) is 45.3 Å². The molecule has 0 aromatic carbocycles. The summed E-state index contributed by atoms with van der Waals surface area (Å²) in [5, 5.41) is 19.9.